The highest BCUT2D eigenvalue weighted by Gasteiger charge is 2.42. The SMILES string of the molecule is CC(=O)C(O)C(C)C(F)(F)F. The van der Waals surface area contributed by atoms with Crippen molar-refractivity contribution in [2.24, 2.45) is 5.92 Å². The van der Waals surface area contributed by atoms with E-state index in [1.807, 2.05) is 0 Å². The smallest absolute Gasteiger partial charge is 0.385 e. The molecule has 0 radical (unpaired) electrons. The van der Waals surface area contributed by atoms with E-state index in [1.54, 1.807) is 0 Å². The van der Waals surface area contributed by atoms with E-state index in [4.69, 9.17) is 5.11 Å². The van der Waals surface area contributed by atoms with Gasteiger partial charge in [0.1, 0.15) is 6.10 Å². The minimum Gasteiger partial charge on any atom is -0.385 e. The molecule has 0 aliphatic heterocycles. The molecular weight excluding hydrogens is 161 g/mol. The molecule has 66 valence electrons. The summed E-state index contributed by atoms with van der Waals surface area (Å²) in [6.07, 6.45) is -6.44. The third-order valence-corrected chi connectivity index (χ3v) is 1.41. The van der Waals surface area contributed by atoms with Gasteiger partial charge in [-0.05, 0) is 6.92 Å². The van der Waals surface area contributed by atoms with E-state index in [0.29, 0.717) is 0 Å². The molecule has 11 heavy (non-hydrogen) atoms. The van der Waals surface area contributed by atoms with E-state index in [2.05, 4.69) is 0 Å². The molecule has 1 N–H and O–H groups in total. The fourth-order valence-electron chi connectivity index (χ4n) is 0.531. The number of carbonyl (C=O) groups is 1. The van der Waals surface area contributed by atoms with E-state index in [9.17, 15) is 18.0 Å². The Hall–Kier alpha value is -0.580. The van der Waals surface area contributed by atoms with E-state index in [0.717, 1.165) is 13.8 Å². The number of halogens is 3. The zero-order valence-electron chi connectivity index (χ0n) is 6.14. The van der Waals surface area contributed by atoms with E-state index < -0.39 is 24.0 Å². The average Bonchev–Trinajstić information content (AvgIpc) is 1.82. The van der Waals surface area contributed by atoms with Gasteiger partial charge in [-0.1, -0.05) is 6.92 Å². The molecule has 2 atom stereocenters. The zero-order chi connectivity index (χ0) is 9.23. The van der Waals surface area contributed by atoms with Gasteiger partial charge in [0.05, 0.1) is 5.92 Å². The summed E-state index contributed by atoms with van der Waals surface area (Å²) in [6.45, 7) is 1.69. The van der Waals surface area contributed by atoms with Crippen LogP contribution in [0.25, 0.3) is 0 Å². The number of alkyl halides is 3. The van der Waals surface area contributed by atoms with Gasteiger partial charge in [0.2, 0.25) is 0 Å². The molecule has 0 aromatic carbocycles. The Bertz CT molecular complexity index is 152. The van der Waals surface area contributed by atoms with Crippen LogP contribution in [0.5, 0.6) is 0 Å². The zero-order valence-corrected chi connectivity index (χ0v) is 6.14. The summed E-state index contributed by atoms with van der Waals surface area (Å²) >= 11 is 0. The maximum Gasteiger partial charge on any atom is 0.394 e. The van der Waals surface area contributed by atoms with Crippen LogP contribution in [0.3, 0.4) is 0 Å². The number of ketones is 1. The van der Waals surface area contributed by atoms with Gasteiger partial charge in [-0.3, -0.25) is 4.79 Å². The topological polar surface area (TPSA) is 37.3 Å². The maximum atomic E-state index is 11.7. The van der Waals surface area contributed by atoms with Crippen molar-refractivity contribution in [1.82, 2.24) is 0 Å². The number of hydrogen-bond acceptors (Lipinski definition) is 2. The van der Waals surface area contributed by atoms with Gasteiger partial charge >= 0.3 is 6.18 Å². The molecule has 0 fully saturated rings. The van der Waals surface area contributed by atoms with Crippen molar-refractivity contribution in [3.05, 3.63) is 0 Å². The minimum absolute atomic E-state index is 0.770. The Morgan fingerprint density at radius 3 is 1.91 bits per heavy atom. The first kappa shape index (κ1) is 10.4. The lowest BCUT2D eigenvalue weighted by atomic mass is 10.0. The molecule has 0 saturated heterocycles. The van der Waals surface area contributed by atoms with Gasteiger partial charge in [0.25, 0.3) is 0 Å². The molecule has 0 aromatic rings. The number of hydrogen-bond donors (Lipinski definition) is 1. The first-order chi connectivity index (χ1) is 4.76. The Morgan fingerprint density at radius 2 is 1.82 bits per heavy atom. The van der Waals surface area contributed by atoms with Crippen molar-refractivity contribution in [2.75, 3.05) is 0 Å². The van der Waals surface area contributed by atoms with Crippen molar-refractivity contribution in [1.29, 1.82) is 0 Å². The van der Waals surface area contributed by atoms with Crippen molar-refractivity contribution < 1.29 is 23.1 Å². The predicted octanol–water partition coefficient (Wildman–Crippen LogP) is 1.13. The standard InChI is InChI=1S/C6H9F3O2/c1-3(6(7,8)9)5(11)4(2)10/h3,5,11H,1-2H3. The Labute approximate surface area is 62.0 Å². The number of aliphatic hydroxyl groups excluding tert-OH is 1. The Kier molecular flexibility index (Phi) is 3.04. The van der Waals surface area contributed by atoms with Crippen LogP contribution in [0.2, 0.25) is 0 Å². The molecular formula is C6H9F3O2. The van der Waals surface area contributed by atoms with Gasteiger partial charge in [-0.25, -0.2) is 0 Å². The molecule has 0 bridgehead atoms. The summed E-state index contributed by atoms with van der Waals surface area (Å²) in [5.74, 6) is -2.85. The first-order valence-electron chi connectivity index (χ1n) is 3.02. The van der Waals surface area contributed by atoms with Crippen LogP contribution in [-0.2, 0) is 4.79 Å². The molecule has 0 spiro atoms. The summed E-state index contributed by atoms with van der Waals surface area (Å²) in [4.78, 5) is 10.3. The second kappa shape index (κ2) is 3.21. The van der Waals surface area contributed by atoms with Crippen LogP contribution in [0.1, 0.15) is 13.8 Å². The number of Topliss-reactive ketones (excluding diaryl/α,β-unsaturated/α-hetero) is 1. The lowest BCUT2D eigenvalue weighted by Crippen LogP contribution is -2.35. The van der Waals surface area contributed by atoms with Crippen molar-refractivity contribution in [2.45, 2.75) is 26.1 Å². The second-order valence-corrected chi connectivity index (χ2v) is 2.39. The van der Waals surface area contributed by atoms with Crippen molar-refractivity contribution in [3.8, 4) is 0 Å². The monoisotopic (exact) mass is 170 g/mol. The molecule has 0 rings (SSSR count). The largest absolute Gasteiger partial charge is 0.394 e. The molecule has 0 heterocycles. The van der Waals surface area contributed by atoms with Crippen LogP contribution in [0, 0.1) is 5.92 Å². The van der Waals surface area contributed by atoms with Crippen LogP contribution in [0.15, 0.2) is 0 Å². The van der Waals surface area contributed by atoms with E-state index in [1.165, 1.54) is 0 Å². The van der Waals surface area contributed by atoms with Gasteiger partial charge < -0.3 is 5.11 Å². The van der Waals surface area contributed by atoms with E-state index in [-0.39, 0.29) is 0 Å². The lowest BCUT2D eigenvalue weighted by Gasteiger charge is -2.18. The molecule has 0 saturated carbocycles. The minimum atomic E-state index is -4.51. The summed E-state index contributed by atoms with van der Waals surface area (Å²) in [5.41, 5.74) is 0. The van der Waals surface area contributed by atoms with Crippen molar-refractivity contribution in [3.63, 3.8) is 0 Å². The van der Waals surface area contributed by atoms with Crippen LogP contribution in [-0.4, -0.2) is 23.2 Å². The normalized spacial score (nSPS) is 17.6. The Morgan fingerprint density at radius 1 is 1.45 bits per heavy atom. The highest BCUT2D eigenvalue weighted by molar-refractivity contribution is 5.80. The van der Waals surface area contributed by atoms with Gasteiger partial charge in [0.15, 0.2) is 5.78 Å². The van der Waals surface area contributed by atoms with Gasteiger partial charge in [-0.15, -0.1) is 0 Å². The number of carbonyl (C=O) groups excluding carboxylic acids is 1. The van der Waals surface area contributed by atoms with Crippen LogP contribution >= 0.6 is 0 Å². The second-order valence-electron chi connectivity index (χ2n) is 2.39. The molecule has 0 aliphatic rings. The number of rotatable bonds is 2. The summed E-state index contributed by atoms with van der Waals surface area (Å²) in [6, 6.07) is 0. The maximum absolute atomic E-state index is 11.7. The number of aliphatic hydroxyl groups is 1. The van der Waals surface area contributed by atoms with Crippen molar-refractivity contribution >= 4 is 5.78 Å². The molecule has 0 aliphatic carbocycles. The Balaban J connectivity index is 4.25. The van der Waals surface area contributed by atoms with Crippen LogP contribution in [0.4, 0.5) is 13.2 Å². The van der Waals surface area contributed by atoms with Gasteiger partial charge in [-0.2, -0.15) is 13.2 Å². The lowest BCUT2D eigenvalue weighted by molar-refractivity contribution is -0.195. The molecule has 0 aromatic heterocycles. The van der Waals surface area contributed by atoms with Gasteiger partial charge in [0, 0.05) is 0 Å². The molecule has 2 unspecified atom stereocenters. The third-order valence-electron chi connectivity index (χ3n) is 1.41. The fourth-order valence-corrected chi connectivity index (χ4v) is 0.531. The van der Waals surface area contributed by atoms with Crippen LogP contribution < -0.4 is 0 Å². The summed E-state index contributed by atoms with van der Waals surface area (Å²) in [5, 5.41) is 8.66. The fraction of sp³-hybridized carbons (Fsp3) is 0.833. The molecule has 2 nitrogen and oxygen atoms in total. The highest BCUT2D eigenvalue weighted by atomic mass is 19.4. The first-order valence-corrected chi connectivity index (χ1v) is 3.02. The summed E-state index contributed by atoms with van der Waals surface area (Å²) in [7, 11) is 0. The molecule has 5 heteroatoms. The molecule has 0 amide bonds. The highest BCUT2D eigenvalue weighted by Crippen LogP contribution is 2.28. The third kappa shape index (κ3) is 2.88. The average molecular weight is 170 g/mol. The summed E-state index contributed by atoms with van der Waals surface area (Å²) < 4.78 is 35.2. The quantitative estimate of drug-likeness (QED) is 0.674. The predicted molar refractivity (Wildman–Crippen MR) is 31.9 cm³/mol. The van der Waals surface area contributed by atoms with E-state index >= 15 is 0 Å².